The van der Waals surface area contributed by atoms with E-state index in [1.54, 1.807) is 31.2 Å². The predicted octanol–water partition coefficient (Wildman–Crippen LogP) is 2.01. The summed E-state index contributed by atoms with van der Waals surface area (Å²) in [5.74, 6) is -1.51. The standard InChI is InChI=1S/C12H16ClNO4S/c1-2-5-11(12(15)16)14-19(17,18)8-9-6-3-4-7-10(9)13/h3-4,6-7,11,14H,2,5,8H2,1H3,(H,15,16). The highest BCUT2D eigenvalue weighted by atomic mass is 35.5. The number of hydrogen-bond acceptors (Lipinski definition) is 3. The zero-order valence-electron chi connectivity index (χ0n) is 10.5. The van der Waals surface area contributed by atoms with Gasteiger partial charge in [-0.05, 0) is 18.1 Å². The minimum Gasteiger partial charge on any atom is -0.480 e. The van der Waals surface area contributed by atoms with Gasteiger partial charge < -0.3 is 5.11 Å². The fourth-order valence-corrected chi connectivity index (χ4v) is 3.28. The molecule has 19 heavy (non-hydrogen) atoms. The van der Waals surface area contributed by atoms with Crippen molar-refractivity contribution in [3.63, 3.8) is 0 Å². The SMILES string of the molecule is CCCC(NS(=O)(=O)Cc1ccccc1Cl)C(=O)O. The Kier molecular flexibility index (Phi) is 5.78. The van der Waals surface area contributed by atoms with Crippen LogP contribution in [0, 0.1) is 0 Å². The molecule has 0 aliphatic heterocycles. The fourth-order valence-electron chi connectivity index (χ4n) is 1.60. The molecule has 5 nitrogen and oxygen atoms in total. The number of hydrogen-bond donors (Lipinski definition) is 2. The van der Waals surface area contributed by atoms with E-state index in [-0.39, 0.29) is 12.2 Å². The average molecular weight is 306 g/mol. The van der Waals surface area contributed by atoms with Crippen LogP contribution in [-0.4, -0.2) is 25.5 Å². The minimum atomic E-state index is -3.74. The summed E-state index contributed by atoms with van der Waals surface area (Å²) in [5.41, 5.74) is 0.442. The second-order valence-corrected chi connectivity index (χ2v) is 6.31. The summed E-state index contributed by atoms with van der Waals surface area (Å²) in [5, 5.41) is 9.28. The van der Waals surface area contributed by atoms with Crippen LogP contribution in [-0.2, 0) is 20.6 Å². The molecule has 106 valence electrons. The third kappa shape index (κ3) is 5.18. The quantitative estimate of drug-likeness (QED) is 0.807. The van der Waals surface area contributed by atoms with Gasteiger partial charge >= 0.3 is 5.97 Å². The van der Waals surface area contributed by atoms with E-state index < -0.39 is 22.0 Å². The van der Waals surface area contributed by atoms with Crippen LogP contribution in [0.25, 0.3) is 0 Å². The molecule has 1 unspecified atom stereocenters. The second kappa shape index (κ2) is 6.88. The van der Waals surface area contributed by atoms with Crippen LogP contribution in [0.4, 0.5) is 0 Å². The lowest BCUT2D eigenvalue weighted by Gasteiger charge is -2.14. The Balaban J connectivity index is 2.81. The van der Waals surface area contributed by atoms with Crippen LogP contribution in [0.1, 0.15) is 25.3 Å². The van der Waals surface area contributed by atoms with Crippen molar-refractivity contribution in [2.75, 3.05) is 0 Å². The molecule has 0 amide bonds. The molecule has 2 N–H and O–H groups in total. The summed E-state index contributed by atoms with van der Waals surface area (Å²) in [6.07, 6.45) is 0.822. The first-order chi connectivity index (χ1) is 8.85. The van der Waals surface area contributed by atoms with Gasteiger partial charge in [0.15, 0.2) is 0 Å². The van der Waals surface area contributed by atoms with Gasteiger partial charge in [-0.3, -0.25) is 4.79 Å². The first-order valence-electron chi connectivity index (χ1n) is 5.82. The molecule has 0 saturated heterocycles. The van der Waals surface area contributed by atoms with Crippen molar-refractivity contribution < 1.29 is 18.3 Å². The number of benzene rings is 1. The number of aliphatic carboxylic acids is 1. The van der Waals surface area contributed by atoms with E-state index >= 15 is 0 Å². The molecule has 0 saturated carbocycles. The Bertz CT molecular complexity index is 544. The van der Waals surface area contributed by atoms with Crippen molar-refractivity contribution in [1.82, 2.24) is 4.72 Å². The molecular formula is C12H16ClNO4S. The zero-order valence-corrected chi connectivity index (χ0v) is 12.0. The molecular weight excluding hydrogens is 290 g/mol. The highest BCUT2D eigenvalue weighted by Crippen LogP contribution is 2.17. The monoisotopic (exact) mass is 305 g/mol. The van der Waals surface area contributed by atoms with Crippen LogP contribution in [0.2, 0.25) is 5.02 Å². The second-order valence-electron chi connectivity index (χ2n) is 4.15. The van der Waals surface area contributed by atoms with E-state index in [1.165, 1.54) is 0 Å². The van der Waals surface area contributed by atoms with Crippen molar-refractivity contribution in [2.24, 2.45) is 0 Å². The molecule has 1 rings (SSSR count). The fraction of sp³-hybridized carbons (Fsp3) is 0.417. The first-order valence-corrected chi connectivity index (χ1v) is 7.85. The van der Waals surface area contributed by atoms with E-state index in [2.05, 4.69) is 4.72 Å². The van der Waals surface area contributed by atoms with Gasteiger partial charge in [0.25, 0.3) is 0 Å². The number of sulfonamides is 1. The van der Waals surface area contributed by atoms with E-state index in [0.29, 0.717) is 17.0 Å². The van der Waals surface area contributed by atoms with Gasteiger partial charge in [0, 0.05) is 5.02 Å². The van der Waals surface area contributed by atoms with Crippen molar-refractivity contribution in [3.8, 4) is 0 Å². The summed E-state index contributed by atoms with van der Waals surface area (Å²) >= 11 is 5.88. The van der Waals surface area contributed by atoms with Gasteiger partial charge in [-0.1, -0.05) is 43.1 Å². The Hall–Kier alpha value is -1.11. The molecule has 1 aromatic carbocycles. The number of carboxylic acid groups (broad SMARTS) is 1. The van der Waals surface area contributed by atoms with Crippen LogP contribution < -0.4 is 4.72 Å². The van der Waals surface area contributed by atoms with Gasteiger partial charge in [0.1, 0.15) is 6.04 Å². The van der Waals surface area contributed by atoms with Gasteiger partial charge in [-0.15, -0.1) is 0 Å². The largest absolute Gasteiger partial charge is 0.480 e. The molecule has 1 atom stereocenters. The van der Waals surface area contributed by atoms with E-state index in [0.717, 1.165) is 0 Å². The normalized spacial score (nSPS) is 13.2. The number of nitrogens with one attached hydrogen (secondary N) is 1. The highest BCUT2D eigenvalue weighted by molar-refractivity contribution is 7.88. The third-order valence-electron chi connectivity index (χ3n) is 2.50. The number of rotatable bonds is 7. The first kappa shape index (κ1) is 15.9. The third-order valence-corrected chi connectivity index (χ3v) is 4.20. The Labute approximate surface area is 117 Å². The maximum atomic E-state index is 11.9. The lowest BCUT2D eigenvalue weighted by atomic mass is 10.2. The molecule has 7 heteroatoms. The highest BCUT2D eigenvalue weighted by Gasteiger charge is 2.23. The smallest absolute Gasteiger partial charge is 0.321 e. The molecule has 0 aromatic heterocycles. The molecule has 0 spiro atoms. The van der Waals surface area contributed by atoms with Gasteiger partial charge in [-0.25, -0.2) is 13.1 Å². The predicted molar refractivity (Wildman–Crippen MR) is 73.5 cm³/mol. The molecule has 0 bridgehead atoms. The van der Waals surface area contributed by atoms with Gasteiger partial charge in [-0.2, -0.15) is 0 Å². The van der Waals surface area contributed by atoms with Crippen LogP contribution in [0.15, 0.2) is 24.3 Å². The van der Waals surface area contributed by atoms with E-state index in [1.807, 2.05) is 0 Å². The maximum Gasteiger partial charge on any atom is 0.321 e. The molecule has 1 aromatic rings. The summed E-state index contributed by atoms with van der Waals surface area (Å²) in [6.45, 7) is 1.79. The molecule has 0 aliphatic rings. The minimum absolute atomic E-state index is 0.247. The summed E-state index contributed by atoms with van der Waals surface area (Å²) in [6, 6.07) is 5.46. The van der Waals surface area contributed by atoms with Crippen LogP contribution in [0.5, 0.6) is 0 Å². The summed E-state index contributed by atoms with van der Waals surface area (Å²) in [4.78, 5) is 10.9. The van der Waals surface area contributed by atoms with Crippen molar-refractivity contribution in [1.29, 1.82) is 0 Å². The number of halogens is 1. The maximum absolute atomic E-state index is 11.9. The zero-order chi connectivity index (χ0) is 14.5. The summed E-state index contributed by atoms with van der Waals surface area (Å²) < 4.78 is 26.0. The van der Waals surface area contributed by atoms with Crippen molar-refractivity contribution in [3.05, 3.63) is 34.9 Å². The lowest BCUT2D eigenvalue weighted by Crippen LogP contribution is -2.41. The van der Waals surface area contributed by atoms with Gasteiger partial charge in [0.05, 0.1) is 5.75 Å². The average Bonchev–Trinajstić information content (AvgIpc) is 2.31. The van der Waals surface area contributed by atoms with Crippen LogP contribution >= 0.6 is 11.6 Å². The Morgan fingerprint density at radius 2 is 2.05 bits per heavy atom. The van der Waals surface area contributed by atoms with E-state index in [4.69, 9.17) is 16.7 Å². The molecule has 0 aliphatic carbocycles. The van der Waals surface area contributed by atoms with Crippen molar-refractivity contribution in [2.45, 2.75) is 31.6 Å². The topological polar surface area (TPSA) is 83.5 Å². The van der Waals surface area contributed by atoms with Gasteiger partial charge in [0.2, 0.25) is 10.0 Å². The molecule has 0 fully saturated rings. The van der Waals surface area contributed by atoms with E-state index in [9.17, 15) is 13.2 Å². The summed E-state index contributed by atoms with van der Waals surface area (Å²) in [7, 11) is -3.74. The molecule has 0 radical (unpaired) electrons. The Morgan fingerprint density at radius 1 is 1.42 bits per heavy atom. The Morgan fingerprint density at radius 3 is 2.58 bits per heavy atom. The number of carbonyl (C=O) groups is 1. The molecule has 0 heterocycles. The van der Waals surface area contributed by atoms with Crippen LogP contribution in [0.3, 0.4) is 0 Å². The lowest BCUT2D eigenvalue weighted by molar-refractivity contribution is -0.139. The van der Waals surface area contributed by atoms with Crippen molar-refractivity contribution >= 4 is 27.6 Å². The number of carboxylic acids is 1.